The van der Waals surface area contributed by atoms with Gasteiger partial charge in [-0.2, -0.15) is 0 Å². The molecule has 2 atom stereocenters. The van der Waals surface area contributed by atoms with E-state index in [9.17, 15) is 22.8 Å². The lowest BCUT2D eigenvalue weighted by atomic mass is 10.0. The standard InChI is InChI=1S/C30H32ClN3O5S/c1-3-21(2)32-29(36)26(19-22-10-5-4-6-11-22)33(20-23-12-9-13-24(31)18-23)28(35)16-17-34-30(37)25-14-7-8-15-27(25)40(34,38)39/h4-15,18,21,26H,3,16-17,19-20H2,1-2H3,(H,32,36). The number of rotatable bonds is 11. The van der Waals surface area contributed by atoms with Crippen LogP contribution in [0.1, 0.15) is 48.2 Å². The highest BCUT2D eigenvalue weighted by molar-refractivity contribution is 7.90. The number of carbonyl (C=O) groups is 3. The molecule has 1 aliphatic heterocycles. The first-order valence-corrected chi connectivity index (χ1v) is 15.0. The number of halogens is 1. The highest BCUT2D eigenvalue weighted by atomic mass is 35.5. The van der Waals surface area contributed by atoms with E-state index in [2.05, 4.69) is 5.32 Å². The van der Waals surface area contributed by atoms with Gasteiger partial charge in [-0.1, -0.05) is 73.1 Å². The van der Waals surface area contributed by atoms with Crippen LogP contribution in [0, 0.1) is 0 Å². The lowest BCUT2D eigenvalue weighted by molar-refractivity contribution is -0.141. The summed E-state index contributed by atoms with van der Waals surface area (Å²) in [5, 5.41) is 3.48. The molecule has 3 aromatic rings. The molecule has 1 N–H and O–H groups in total. The first kappa shape index (κ1) is 29.3. The van der Waals surface area contributed by atoms with E-state index in [1.807, 2.05) is 50.2 Å². The number of hydrogen-bond donors (Lipinski definition) is 1. The fraction of sp³-hybridized carbons (Fsp3) is 0.300. The molecule has 1 aliphatic rings. The molecule has 40 heavy (non-hydrogen) atoms. The molecule has 3 amide bonds. The predicted octanol–water partition coefficient (Wildman–Crippen LogP) is 4.43. The highest BCUT2D eigenvalue weighted by Gasteiger charge is 2.41. The molecular formula is C30H32ClN3O5S. The molecule has 0 spiro atoms. The predicted molar refractivity (Wildman–Crippen MR) is 153 cm³/mol. The Bertz CT molecular complexity index is 1500. The van der Waals surface area contributed by atoms with Crippen LogP contribution in [-0.2, 0) is 32.6 Å². The molecule has 0 aromatic heterocycles. The van der Waals surface area contributed by atoms with Gasteiger partial charge in [0.25, 0.3) is 15.9 Å². The summed E-state index contributed by atoms with van der Waals surface area (Å²) in [5.41, 5.74) is 1.66. The van der Waals surface area contributed by atoms with Crippen LogP contribution in [0.25, 0.3) is 0 Å². The van der Waals surface area contributed by atoms with E-state index in [1.54, 1.807) is 30.3 Å². The smallest absolute Gasteiger partial charge is 0.269 e. The van der Waals surface area contributed by atoms with E-state index in [0.29, 0.717) is 17.0 Å². The fourth-order valence-electron chi connectivity index (χ4n) is 4.62. The molecule has 0 saturated heterocycles. The SMILES string of the molecule is CCC(C)NC(=O)C(Cc1ccccc1)N(Cc1cccc(Cl)c1)C(=O)CCN1C(=O)c2ccccc2S1(=O)=O. The van der Waals surface area contributed by atoms with E-state index in [-0.39, 0.29) is 48.3 Å². The van der Waals surface area contributed by atoms with Crippen molar-refractivity contribution < 1.29 is 22.8 Å². The van der Waals surface area contributed by atoms with Crippen LogP contribution >= 0.6 is 11.6 Å². The van der Waals surface area contributed by atoms with Crippen LogP contribution < -0.4 is 5.32 Å². The topological polar surface area (TPSA) is 104 Å². The number of amides is 3. The molecular weight excluding hydrogens is 550 g/mol. The van der Waals surface area contributed by atoms with Crippen LogP contribution in [0.4, 0.5) is 0 Å². The Hall–Kier alpha value is -3.69. The third-order valence-electron chi connectivity index (χ3n) is 6.95. The van der Waals surface area contributed by atoms with Gasteiger partial charge in [0.15, 0.2) is 0 Å². The van der Waals surface area contributed by atoms with Gasteiger partial charge in [0.1, 0.15) is 10.9 Å². The van der Waals surface area contributed by atoms with Crippen LogP contribution in [0.3, 0.4) is 0 Å². The maximum Gasteiger partial charge on any atom is 0.269 e. The molecule has 2 unspecified atom stereocenters. The van der Waals surface area contributed by atoms with E-state index >= 15 is 0 Å². The Morgan fingerprint density at radius 1 is 0.975 bits per heavy atom. The summed E-state index contributed by atoms with van der Waals surface area (Å²) in [5.74, 6) is -1.44. The van der Waals surface area contributed by atoms with Gasteiger partial charge in [0.05, 0.1) is 5.56 Å². The van der Waals surface area contributed by atoms with Crippen LogP contribution in [-0.4, -0.2) is 54.0 Å². The third kappa shape index (κ3) is 6.54. The number of hydrogen-bond acceptors (Lipinski definition) is 5. The van der Waals surface area contributed by atoms with Gasteiger partial charge >= 0.3 is 0 Å². The van der Waals surface area contributed by atoms with E-state index < -0.39 is 27.9 Å². The lowest BCUT2D eigenvalue weighted by Crippen LogP contribution is -2.52. The van der Waals surface area contributed by atoms with Crippen molar-refractivity contribution in [3.8, 4) is 0 Å². The third-order valence-corrected chi connectivity index (χ3v) is 9.03. The quantitative estimate of drug-likeness (QED) is 0.361. The Labute approximate surface area is 240 Å². The molecule has 4 rings (SSSR count). The molecule has 10 heteroatoms. The monoisotopic (exact) mass is 581 g/mol. The first-order chi connectivity index (χ1) is 19.1. The van der Waals surface area contributed by atoms with Gasteiger partial charge in [0.2, 0.25) is 11.8 Å². The summed E-state index contributed by atoms with van der Waals surface area (Å²) >= 11 is 6.21. The molecule has 0 bridgehead atoms. The maximum atomic E-state index is 13.9. The van der Waals surface area contributed by atoms with Gasteiger partial charge < -0.3 is 10.2 Å². The van der Waals surface area contributed by atoms with E-state index in [1.165, 1.54) is 17.0 Å². The zero-order valence-corrected chi connectivity index (χ0v) is 24.0. The molecule has 1 heterocycles. The summed E-state index contributed by atoms with van der Waals surface area (Å²) in [6.07, 6.45) is 0.671. The van der Waals surface area contributed by atoms with Gasteiger partial charge in [-0.25, -0.2) is 12.7 Å². The maximum absolute atomic E-state index is 13.9. The molecule has 3 aromatic carbocycles. The Kier molecular flexibility index (Phi) is 9.27. The van der Waals surface area contributed by atoms with Gasteiger partial charge in [-0.05, 0) is 48.7 Å². The van der Waals surface area contributed by atoms with Crippen LogP contribution in [0.15, 0.2) is 83.8 Å². The average molecular weight is 582 g/mol. The second-order valence-electron chi connectivity index (χ2n) is 9.80. The molecule has 0 aliphatic carbocycles. The zero-order valence-electron chi connectivity index (χ0n) is 22.4. The summed E-state index contributed by atoms with van der Waals surface area (Å²) in [6.45, 7) is 3.58. The fourth-order valence-corrected chi connectivity index (χ4v) is 6.40. The van der Waals surface area contributed by atoms with Gasteiger partial charge in [-0.3, -0.25) is 14.4 Å². The number of nitrogens with zero attached hydrogens (tertiary/aromatic N) is 2. The van der Waals surface area contributed by atoms with Gasteiger partial charge in [0, 0.05) is 37.0 Å². The Morgan fingerprint density at radius 2 is 1.65 bits per heavy atom. The number of fused-ring (bicyclic) bond motifs is 1. The normalized spacial score (nSPS) is 15.3. The average Bonchev–Trinajstić information content (AvgIpc) is 3.14. The molecule has 8 nitrogen and oxygen atoms in total. The van der Waals surface area contributed by atoms with Crippen molar-refractivity contribution in [3.63, 3.8) is 0 Å². The highest BCUT2D eigenvalue weighted by Crippen LogP contribution is 2.30. The van der Waals surface area contributed by atoms with E-state index in [0.717, 1.165) is 9.87 Å². The van der Waals surface area contributed by atoms with Crippen molar-refractivity contribution in [1.82, 2.24) is 14.5 Å². The number of carbonyl (C=O) groups excluding carboxylic acids is 3. The van der Waals surface area contributed by atoms with Crippen molar-refractivity contribution in [2.75, 3.05) is 6.54 Å². The van der Waals surface area contributed by atoms with Crippen molar-refractivity contribution >= 4 is 39.3 Å². The van der Waals surface area contributed by atoms with Crippen molar-refractivity contribution in [3.05, 3.63) is 101 Å². The molecule has 210 valence electrons. The summed E-state index contributed by atoms with van der Waals surface area (Å²) in [6, 6.07) is 21.4. The Balaban J connectivity index is 1.64. The Morgan fingerprint density at radius 3 is 2.33 bits per heavy atom. The summed E-state index contributed by atoms with van der Waals surface area (Å²) < 4.78 is 26.8. The number of sulfonamides is 1. The minimum Gasteiger partial charge on any atom is -0.352 e. The van der Waals surface area contributed by atoms with Crippen LogP contribution in [0.2, 0.25) is 5.02 Å². The summed E-state index contributed by atoms with van der Waals surface area (Å²) in [7, 11) is -4.07. The second-order valence-corrected chi connectivity index (χ2v) is 12.1. The summed E-state index contributed by atoms with van der Waals surface area (Å²) in [4.78, 5) is 41.7. The van der Waals surface area contributed by atoms with Gasteiger partial charge in [-0.15, -0.1) is 0 Å². The lowest BCUT2D eigenvalue weighted by Gasteiger charge is -2.32. The minimum absolute atomic E-state index is 0.0712. The molecule has 0 fully saturated rings. The van der Waals surface area contributed by atoms with Crippen molar-refractivity contribution in [2.45, 2.75) is 56.6 Å². The number of nitrogens with one attached hydrogen (secondary N) is 1. The van der Waals surface area contributed by atoms with Crippen LogP contribution in [0.5, 0.6) is 0 Å². The largest absolute Gasteiger partial charge is 0.352 e. The zero-order chi connectivity index (χ0) is 28.9. The van der Waals surface area contributed by atoms with E-state index in [4.69, 9.17) is 11.6 Å². The van der Waals surface area contributed by atoms with Crippen molar-refractivity contribution in [1.29, 1.82) is 0 Å². The molecule has 0 radical (unpaired) electrons. The first-order valence-electron chi connectivity index (χ1n) is 13.2. The van der Waals surface area contributed by atoms with Crippen molar-refractivity contribution in [2.24, 2.45) is 0 Å². The minimum atomic E-state index is -4.07. The number of benzene rings is 3. The second kappa shape index (κ2) is 12.7. The molecule has 0 saturated carbocycles.